The Morgan fingerprint density at radius 1 is 1.38 bits per heavy atom. The molecule has 1 fully saturated rings. The minimum absolute atomic E-state index is 0.455. The molecule has 0 N–H and O–H groups in total. The topological polar surface area (TPSA) is 17.8 Å². The second kappa shape index (κ2) is 4.94. The average molecular weight is 304 g/mol. The molecule has 4 rings (SSSR count). The highest BCUT2D eigenvalue weighted by Crippen LogP contribution is 2.46. The van der Waals surface area contributed by atoms with Gasteiger partial charge in [0.15, 0.2) is 0 Å². The van der Waals surface area contributed by atoms with Crippen LogP contribution in [0, 0.1) is 5.92 Å². The zero-order chi connectivity index (χ0) is 14.4. The molecule has 0 radical (unpaired) electrons. The molecular formula is C17H21FN2S. The van der Waals surface area contributed by atoms with E-state index >= 15 is 0 Å². The van der Waals surface area contributed by atoms with E-state index in [1.165, 1.54) is 22.6 Å². The fourth-order valence-corrected chi connectivity index (χ4v) is 4.95. The van der Waals surface area contributed by atoms with Gasteiger partial charge < -0.3 is 4.57 Å². The molecule has 0 spiro atoms. The van der Waals surface area contributed by atoms with Crippen molar-refractivity contribution in [2.24, 2.45) is 5.92 Å². The SMILES string of the molecule is CC1(F)CCC(CCC2c3sccc3-c3cncn32)CC1. The molecule has 2 aliphatic rings. The average Bonchev–Trinajstić information content (AvgIpc) is 3.12. The molecule has 4 heteroatoms. The van der Waals surface area contributed by atoms with Crippen molar-refractivity contribution in [1.29, 1.82) is 0 Å². The summed E-state index contributed by atoms with van der Waals surface area (Å²) in [6, 6.07) is 2.67. The summed E-state index contributed by atoms with van der Waals surface area (Å²) in [7, 11) is 0. The third-order valence-electron chi connectivity index (χ3n) is 5.27. The van der Waals surface area contributed by atoms with E-state index in [-0.39, 0.29) is 0 Å². The smallest absolute Gasteiger partial charge is 0.108 e. The monoisotopic (exact) mass is 304 g/mol. The molecule has 1 aliphatic carbocycles. The van der Waals surface area contributed by atoms with E-state index in [0.717, 1.165) is 32.1 Å². The number of halogens is 1. The molecule has 0 aromatic carbocycles. The largest absolute Gasteiger partial charge is 0.322 e. The fourth-order valence-electron chi connectivity index (χ4n) is 3.91. The van der Waals surface area contributed by atoms with Gasteiger partial charge in [-0.3, -0.25) is 0 Å². The van der Waals surface area contributed by atoms with Gasteiger partial charge in [-0.15, -0.1) is 11.3 Å². The molecular weight excluding hydrogens is 283 g/mol. The van der Waals surface area contributed by atoms with E-state index in [0.29, 0.717) is 12.0 Å². The van der Waals surface area contributed by atoms with Crippen LogP contribution in [0.4, 0.5) is 4.39 Å². The first kappa shape index (κ1) is 13.5. The second-order valence-electron chi connectivity index (χ2n) is 6.83. The molecule has 112 valence electrons. The summed E-state index contributed by atoms with van der Waals surface area (Å²) in [5.41, 5.74) is 1.71. The molecule has 2 aromatic rings. The fraction of sp³-hybridized carbons (Fsp3) is 0.588. The zero-order valence-corrected chi connectivity index (χ0v) is 13.2. The van der Waals surface area contributed by atoms with Crippen LogP contribution >= 0.6 is 11.3 Å². The van der Waals surface area contributed by atoms with Gasteiger partial charge in [-0.2, -0.15) is 0 Å². The van der Waals surface area contributed by atoms with Crippen LogP contribution in [0.5, 0.6) is 0 Å². The summed E-state index contributed by atoms with van der Waals surface area (Å²) in [6.45, 7) is 1.76. The van der Waals surface area contributed by atoms with E-state index in [4.69, 9.17) is 0 Å². The van der Waals surface area contributed by atoms with Crippen LogP contribution < -0.4 is 0 Å². The van der Waals surface area contributed by atoms with Gasteiger partial charge in [0, 0.05) is 10.4 Å². The van der Waals surface area contributed by atoms with Crippen molar-refractivity contribution in [1.82, 2.24) is 9.55 Å². The van der Waals surface area contributed by atoms with Crippen molar-refractivity contribution in [3.05, 3.63) is 28.8 Å². The highest BCUT2D eigenvalue weighted by atomic mass is 32.1. The standard InChI is InChI=1S/C17H21FN2S/c1-17(18)7-4-12(5-8-17)2-3-14-16-13(6-9-21-16)15-10-19-11-20(14)15/h6,9-12,14H,2-5,7-8H2,1H3. The number of imidazole rings is 1. The van der Waals surface area contributed by atoms with Crippen LogP contribution in [0.1, 0.15) is 56.4 Å². The molecule has 0 bridgehead atoms. The van der Waals surface area contributed by atoms with Crippen LogP contribution in [0.2, 0.25) is 0 Å². The quantitative estimate of drug-likeness (QED) is 0.761. The molecule has 0 amide bonds. The van der Waals surface area contributed by atoms with Crippen molar-refractivity contribution in [3.8, 4) is 11.3 Å². The predicted molar refractivity (Wildman–Crippen MR) is 84.4 cm³/mol. The summed E-state index contributed by atoms with van der Waals surface area (Å²) in [5.74, 6) is 0.699. The van der Waals surface area contributed by atoms with E-state index in [2.05, 4.69) is 21.0 Å². The summed E-state index contributed by atoms with van der Waals surface area (Å²) in [6.07, 6.45) is 9.88. The van der Waals surface area contributed by atoms with Gasteiger partial charge in [0.2, 0.25) is 0 Å². The highest BCUT2D eigenvalue weighted by Gasteiger charge is 2.33. The van der Waals surface area contributed by atoms with Crippen LogP contribution in [-0.2, 0) is 0 Å². The Balaban J connectivity index is 1.45. The first-order chi connectivity index (χ1) is 10.1. The number of aromatic nitrogens is 2. The lowest BCUT2D eigenvalue weighted by Crippen LogP contribution is -2.26. The number of hydrogen-bond acceptors (Lipinski definition) is 2. The van der Waals surface area contributed by atoms with Crippen LogP contribution in [0.3, 0.4) is 0 Å². The first-order valence-electron chi connectivity index (χ1n) is 7.92. The van der Waals surface area contributed by atoms with Crippen molar-refractivity contribution < 1.29 is 4.39 Å². The molecule has 1 unspecified atom stereocenters. The van der Waals surface area contributed by atoms with Crippen LogP contribution in [0.15, 0.2) is 24.0 Å². The molecule has 1 saturated carbocycles. The minimum atomic E-state index is -0.914. The van der Waals surface area contributed by atoms with Gasteiger partial charge in [0.1, 0.15) is 5.67 Å². The first-order valence-corrected chi connectivity index (χ1v) is 8.80. The zero-order valence-electron chi connectivity index (χ0n) is 12.4. The molecule has 1 atom stereocenters. The molecule has 2 nitrogen and oxygen atoms in total. The van der Waals surface area contributed by atoms with Gasteiger partial charge >= 0.3 is 0 Å². The molecule has 0 saturated heterocycles. The van der Waals surface area contributed by atoms with Crippen molar-refractivity contribution in [2.75, 3.05) is 0 Å². The van der Waals surface area contributed by atoms with Gasteiger partial charge in [0.05, 0.1) is 24.3 Å². The number of nitrogens with zero attached hydrogens (tertiary/aromatic N) is 2. The Morgan fingerprint density at radius 3 is 3.00 bits per heavy atom. The second-order valence-corrected chi connectivity index (χ2v) is 7.78. The number of hydrogen-bond donors (Lipinski definition) is 0. The van der Waals surface area contributed by atoms with Crippen molar-refractivity contribution >= 4 is 11.3 Å². The van der Waals surface area contributed by atoms with E-state index < -0.39 is 5.67 Å². The van der Waals surface area contributed by atoms with E-state index in [9.17, 15) is 4.39 Å². The maximum atomic E-state index is 13.9. The lowest BCUT2D eigenvalue weighted by atomic mass is 9.78. The Bertz CT molecular complexity index is 593. The minimum Gasteiger partial charge on any atom is -0.322 e. The van der Waals surface area contributed by atoms with E-state index in [1.807, 2.05) is 23.9 Å². The third-order valence-corrected chi connectivity index (χ3v) is 6.29. The van der Waals surface area contributed by atoms with Gasteiger partial charge in [0.25, 0.3) is 0 Å². The lowest BCUT2D eigenvalue weighted by Gasteiger charge is -2.31. The van der Waals surface area contributed by atoms with Crippen molar-refractivity contribution in [2.45, 2.75) is 57.2 Å². The Hall–Kier alpha value is -1.16. The Kier molecular flexibility index (Phi) is 3.18. The van der Waals surface area contributed by atoms with Crippen molar-refractivity contribution in [3.63, 3.8) is 0 Å². The number of rotatable bonds is 3. The maximum absolute atomic E-state index is 13.9. The summed E-state index contributed by atoms with van der Waals surface area (Å²) in [5, 5.41) is 2.18. The molecule has 3 heterocycles. The van der Waals surface area contributed by atoms with Gasteiger partial charge in [-0.1, -0.05) is 0 Å². The normalized spacial score (nSPS) is 31.1. The Morgan fingerprint density at radius 2 is 2.19 bits per heavy atom. The highest BCUT2D eigenvalue weighted by molar-refractivity contribution is 7.10. The predicted octanol–water partition coefficient (Wildman–Crippen LogP) is 5.21. The van der Waals surface area contributed by atoms with Gasteiger partial charge in [-0.05, 0) is 62.8 Å². The summed E-state index contributed by atoms with van der Waals surface area (Å²) >= 11 is 1.86. The lowest BCUT2D eigenvalue weighted by molar-refractivity contribution is 0.0993. The molecule has 1 aliphatic heterocycles. The summed E-state index contributed by atoms with van der Waals surface area (Å²) < 4.78 is 16.2. The number of thiophene rings is 1. The molecule has 2 aromatic heterocycles. The number of alkyl halides is 1. The summed E-state index contributed by atoms with van der Waals surface area (Å²) in [4.78, 5) is 5.79. The van der Waals surface area contributed by atoms with Gasteiger partial charge in [-0.25, -0.2) is 9.37 Å². The maximum Gasteiger partial charge on any atom is 0.108 e. The Labute approximate surface area is 129 Å². The van der Waals surface area contributed by atoms with Crippen LogP contribution in [-0.4, -0.2) is 15.2 Å². The number of fused-ring (bicyclic) bond motifs is 3. The van der Waals surface area contributed by atoms with Crippen LogP contribution in [0.25, 0.3) is 11.3 Å². The van der Waals surface area contributed by atoms with E-state index in [1.54, 1.807) is 6.92 Å². The molecule has 21 heavy (non-hydrogen) atoms. The third kappa shape index (κ3) is 2.33.